The van der Waals surface area contributed by atoms with E-state index in [-0.39, 0.29) is 17.0 Å². The Labute approximate surface area is 170 Å². The van der Waals surface area contributed by atoms with Gasteiger partial charge in [0.25, 0.3) is 11.6 Å². The van der Waals surface area contributed by atoms with Crippen molar-refractivity contribution in [3.05, 3.63) is 94.2 Å². The van der Waals surface area contributed by atoms with Crippen molar-refractivity contribution in [1.29, 1.82) is 0 Å². The molecule has 0 fully saturated rings. The first-order valence-corrected chi connectivity index (χ1v) is 8.91. The molecule has 8 heteroatoms. The van der Waals surface area contributed by atoms with E-state index in [2.05, 4.69) is 10.5 Å². The summed E-state index contributed by atoms with van der Waals surface area (Å²) >= 11 is 0. The molecule has 0 unspecified atom stereocenters. The summed E-state index contributed by atoms with van der Waals surface area (Å²) in [6.45, 7) is 0. The van der Waals surface area contributed by atoms with E-state index in [4.69, 9.17) is 4.42 Å². The van der Waals surface area contributed by atoms with Gasteiger partial charge in [-0.2, -0.15) is 5.10 Å². The molecule has 0 aliphatic carbocycles. The number of hydrogen-bond donors (Lipinski definition) is 2. The van der Waals surface area contributed by atoms with Crippen LogP contribution in [0.2, 0.25) is 0 Å². The van der Waals surface area contributed by atoms with E-state index in [9.17, 15) is 20.0 Å². The van der Waals surface area contributed by atoms with Crippen molar-refractivity contribution in [2.45, 2.75) is 0 Å². The number of nitro groups is 1. The predicted octanol–water partition coefficient (Wildman–Crippen LogP) is 4.48. The summed E-state index contributed by atoms with van der Waals surface area (Å²) in [5.41, 5.74) is 2.96. The summed E-state index contributed by atoms with van der Waals surface area (Å²) < 4.78 is 5.60. The largest absolute Gasteiger partial charge is 0.507 e. The molecule has 3 aromatic carbocycles. The number of rotatable bonds is 5. The van der Waals surface area contributed by atoms with Crippen LogP contribution in [0.15, 0.2) is 82.3 Å². The van der Waals surface area contributed by atoms with E-state index in [0.29, 0.717) is 17.1 Å². The number of hydrazone groups is 1. The van der Waals surface area contributed by atoms with Gasteiger partial charge in [0.15, 0.2) is 0 Å². The molecule has 30 heavy (non-hydrogen) atoms. The molecule has 0 saturated carbocycles. The van der Waals surface area contributed by atoms with Crippen molar-refractivity contribution in [2.24, 2.45) is 5.10 Å². The number of nitrogens with one attached hydrogen (secondary N) is 1. The Morgan fingerprint density at radius 3 is 2.57 bits per heavy atom. The number of phenols is 1. The number of carbonyl (C=O) groups excluding carboxylic acids is 1. The Morgan fingerprint density at radius 1 is 1.03 bits per heavy atom. The Bertz CT molecular complexity index is 1290. The summed E-state index contributed by atoms with van der Waals surface area (Å²) in [6, 6.07) is 19.8. The van der Waals surface area contributed by atoms with Gasteiger partial charge < -0.3 is 9.52 Å². The van der Waals surface area contributed by atoms with Crippen molar-refractivity contribution in [1.82, 2.24) is 5.43 Å². The maximum Gasteiger partial charge on any atom is 0.275 e. The highest BCUT2D eigenvalue weighted by Gasteiger charge is 2.12. The zero-order chi connectivity index (χ0) is 21.1. The molecular formula is C22H15N3O5. The Kier molecular flexibility index (Phi) is 4.96. The second-order valence-electron chi connectivity index (χ2n) is 6.43. The highest BCUT2D eigenvalue weighted by Crippen LogP contribution is 2.26. The third-order valence-electron chi connectivity index (χ3n) is 4.43. The van der Waals surface area contributed by atoms with Gasteiger partial charge in [0.05, 0.1) is 16.7 Å². The molecule has 4 rings (SSSR count). The van der Waals surface area contributed by atoms with Crippen LogP contribution in [-0.2, 0) is 0 Å². The van der Waals surface area contributed by atoms with Crippen molar-refractivity contribution in [3.8, 4) is 17.1 Å². The van der Waals surface area contributed by atoms with Crippen LogP contribution in [0.1, 0.15) is 16.1 Å². The fourth-order valence-corrected chi connectivity index (χ4v) is 2.97. The first-order chi connectivity index (χ1) is 14.5. The molecule has 0 atom stereocenters. The lowest BCUT2D eigenvalue weighted by molar-refractivity contribution is -0.384. The number of furan rings is 1. The highest BCUT2D eigenvalue weighted by atomic mass is 16.6. The number of fused-ring (bicyclic) bond motifs is 1. The van der Waals surface area contributed by atoms with Gasteiger partial charge in [0.1, 0.15) is 17.3 Å². The number of non-ortho nitro benzene ring substituents is 1. The maximum absolute atomic E-state index is 12.3. The standard InChI is InChI=1S/C22H15N3O5/c26-20-12-15-5-2-1-4-14(15)11-19(20)22(27)24-23-13-18-8-9-21(30-18)16-6-3-7-17(10-16)25(28)29/h1-13,26H,(H,24,27)/b23-13+. The molecule has 0 radical (unpaired) electrons. The Morgan fingerprint density at radius 2 is 1.80 bits per heavy atom. The number of hydrogen-bond acceptors (Lipinski definition) is 6. The van der Waals surface area contributed by atoms with Crippen molar-refractivity contribution < 1.29 is 19.2 Å². The SMILES string of the molecule is O=C(N/N=C/c1ccc(-c2cccc([N+](=O)[O-])c2)o1)c1cc2ccccc2cc1O. The third-order valence-corrected chi connectivity index (χ3v) is 4.43. The lowest BCUT2D eigenvalue weighted by atomic mass is 10.1. The molecule has 1 heterocycles. The maximum atomic E-state index is 12.3. The highest BCUT2D eigenvalue weighted by molar-refractivity contribution is 6.01. The van der Waals surface area contributed by atoms with Crippen LogP contribution in [0, 0.1) is 10.1 Å². The molecule has 0 aliphatic heterocycles. The van der Waals surface area contributed by atoms with Gasteiger partial charge in [-0.1, -0.05) is 36.4 Å². The minimum Gasteiger partial charge on any atom is -0.507 e. The number of nitrogens with zero attached hydrogens (tertiary/aromatic N) is 2. The number of carbonyl (C=O) groups is 1. The minimum absolute atomic E-state index is 0.0402. The molecule has 8 nitrogen and oxygen atoms in total. The molecule has 148 valence electrons. The van der Waals surface area contributed by atoms with Crippen LogP contribution >= 0.6 is 0 Å². The molecule has 0 saturated heterocycles. The Hall–Kier alpha value is -4.46. The number of aromatic hydroxyl groups is 1. The number of benzene rings is 3. The third kappa shape index (κ3) is 3.88. The zero-order valence-corrected chi connectivity index (χ0v) is 15.5. The van der Waals surface area contributed by atoms with Gasteiger partial charge in [-0.05, 0) is 35.0 Å². The van der Waals surface area contributed by atoms with Gasteiger partial charge in [0.2, 0.25) is 0 Å². The summed E-state index contributed by atoms with van der Waals surface area (Å²) in [5.74, 6) is 0.0607. The van der Waals surface area contributed by atoms with Crippen molar-refractivity contribution in [3.63, 3.8) is 0 Å². The molecule has 1 amide bonds. The van der Waals surface area contributed by atoms with E-state index in [1.165, 1.54) is 24.4 Å². The summed E-state index contributed by atoms with van der Waals surface area (Å²) in [4.78, 5) is 22.8. The van der Waals surface area contributed by atoms with E-state index in [1.54, 1.807) is 30.3 Å². The lowest BCUT2D eigenvalue weighted by Gasteiger charge is -2.05. The topological polar surface area (TPSA) is 118 Å². The molecule has 0 bridgehead atoms. The van der Waals surface area contributed by atoms with Crippen molar-refractivity contribution >= 4 is 28.6 Å². The van der Waals surface area contributed by atoms with Gasteiger partial charge in [-0.15, -0.1) is 0 Å². The van der Waals surface area contributed by atoms with E-state index < -0.39 is 10.8 Å². The first-order valence-electron chi connectivity index (χ1n) is 8.91. The lowest BCUT2D eigenvalue weighted by Crippen LogP contribution is -2.17. The van der Waals surface area contributed by atoms with Gasteiger partial charge in [-0.25, -0.2) is 5.43 Å². The second-order valence-corrected chi connectivity index (χ2v) is 6.43. The molecular weight excluding hydrogens is 386 g/mol. The number of amides is 1. The van der Waals surface area contributed by atoms with E-state index in [1.807, 2.05) is 24.3 Å². The molecule has 0 spiro atoms. The van der Waals surface area contributed by atoms with Crippen LogP contribution in [0.3, 0.4) is 0 Å². The Balaban J connectivity index is 1.48. The fourth-order valence-electron chi connectivity index (χ4n) is 2.97. The summed E-state index contributed by atoms with van der Waals surface area (Å²) in [5, 5.41) is 26.5. The van der Waals surface area contributed by atoms with Crippen molar-refractivity contribution in [2.75, 3.05) is 0 Å². The second kappa shape index (κ2) is 7.88. The molecule has 1 aromatic heterocycles. The van der Waals surface area contributed by atoms with Gasteiger partial charge in [-0.3, -0.25) is 14.9 Å². The smallest absolute Gasteiger partial charge is 0.275 e. The average molecular weight is 401 g/mol. The van der Waals surface area contributed by atoms with Gasteiger partial charge >= 0.3 is 0 Å². The predicted molar refractivity (Wildman–Crippen MR) is 111 cm³/mol. The van der Waals surface area contributed by atoms with Crippen LogP contribution in [0.25, 0.3) is 22.1 Å². The fraction of sp³-hybridized carbons (Fsp3) is 0. The van der Waals surface area contributed by atoms with E-state index >= 15 is 0 Å². The van der Waals surface area contributed by atoms with Crippen LogP contribution in [-0.4, -0.2) is 22.2 Å². The number of nitro benzene ring substituents is 1. The summed E-state index contributed by atoms with van der Waals surface area (Å²) in [6.07, 6.45) is 1.30. The minimum atomic E-state index is -0.569. The van der Waals surface area contributed by atoms with Crippen LogP contribution in [0.5, 0.6) is 5.75 Å². The van der Waals surface area contributed by atoms with Gasteiger partial charge in [0, 0.05) is 17.7 Å². The van der Waals surface area contributed by atoms with Crippen LogP contribution < -0.4 is 5.43 Å². The van der Waals surface area contributed by atoms with Crippen LogP contribution in [0.4, 0.5) is 5.69 Å². The summed E-state index contributed by atoms with van der Waals surface area (Å²) in [7, 11) is 0. The average Bonchev–Trinajstić information content (AvgIpc) is 3.22. The normalized spacial score (nSPS) is 11.1. The number of phenolic OH excluding ortho intramolecular Hbond substituents is 1. The molecule has 0 aliphatic rings. The van der Waals surface area contributed by atoms with E-state index in [0.717, 1.165) is 10.8 Å². The first kappa shape index (κ1) is 18.9. The molecule has 4 aromatic rings. The monoisotopic (exact) mass is 401 g/mol. The quantitative estimate of drug-likeness (QED) is 0.290. The molecule has 2 N–H and O–H groups in total. The zero-order valence-electron chi connectivity index (χ0n) is 15.5.